The van der Waals surface area contributed by atoms with E-state index in [1.807, 2.05) is 29.6 Å². The molecule has 7 nitrogen and oxygen atoms in total. The molecule has 0 aromatic carbocycles. The van der Waals surface area contributed by atoms with Crippen molar-refractivity contribution in [3.05, 3.63) is 42.0 Å². The van der Waals surface area contributed by atoms with Crippen LogP contribution in [0.2, 0.25) is 0 Å². The van der Waals surface area contributed by atoms with E-state index >= 15 is 0 Å². The molecule has 0 spiro atoms. The molecule has 0 radical (unpaired) electrons. The van der Waals surface area contributed by atoms with Crippen LogP contribution in [-0.4, -0.2) is 61.4 Å². The van der Waals surface area contributed by atoms with Gasteiger partial charge >= 0.3 is 0 Å². The lowest BCUT2D eigenvalue weighted by Gasteiger charge is -2.40. The van der Waals surface area contributed by atoms with Gasteiger partial charge in [-0.3, -0.25) is 14.7 Å². The number of hydrogen-bond acceptors (Lipinski definition) is 5. The Morgan fingerprint density at radius 3 is 2.70 bits per heavy atom. The van der Waals surface area contributed by atoms with Crippen LogP contribution in [0.3, 0.4) is 0 Å². The average molecular weight is 314 g/mol. The van der Waals surface area contributed by atoms with Gasteiger partial charge in [-0.2, -0.15) is 0 Å². The number of aryl methyl sites for hydroxylation is 2. The minimum Gasteiger partial charge on any atom is -0.337 e. The molecule has 0 bridgehead atoms. The first-order chi connectivity index (χ1) is 11.1. The molecule has 3 rings (SSSR count). The second-order valence-corrected chi connectivity index (χ2v) is 5.83. The first-order valence-corrected chi connectivity index (χ1v) is 7.89. The quantitative estimate of drug-likeness (QED) is 0.847. The monoisotopic (exact) mass is 314 g/mol. The van der Waals surface area contributed by atoms with Gasteiger partial charge in [-0.15, -0.1) is 0 Å². The van der Waals surface area contributed by atoms with Gasteiger partial charge in [0.25, 0.3) is 5.91 Å². The highest BCUT2D eigenvalue weighted by Crippen LogP contribution is 2.24. The van der Waals surface area contributed by atoms with Crippen molar-refractivity contribution in [3.8, 4) is 0 Å². The molecule has 2 aromatic rings. The van der Waals surface area contributed by atoms with Crippen molar-refractivity contribution in [2.24, 2.45) is 7.05 Å². The smallest absolute Gasteiger partial charge is 0.274 e. The summed E-state index contributed by atoms with van der Waals surface area (Å²) in [6.45, 7) is 7.08. The zero-order chi connectivity index (χ0) is 16.4. The highest BCUT2D eigenvalue weighted by atomic mass is 16.2. The topological polar surface area (TPSA) is 67.2 Å². The van der Waals surface area contributed by atoms with E-state index in [-0.39, 0.29) is 11.9 Å². The van der Waals surface area contributed by atoms with E-state index in [0.717, 1.165) is 24.6 Å². The zero-order valence-corrected chi connectivity index (χ0v) is 13.8. The molecule has 2 aromatic heterocycles. The molecule has 23 heavy (non-hydrogen) atoms. The lowest BCUT2D eigenvalue weighted by molar-refractivity contribution is 0.0467. The van der Waals surface area contributed by atoms with Crippen molar-refractivity contribution >= 4 is 5.91 Å². The molecular weight excluding hydrogens is 292 g/mol. The van der Waals surface area contributed by atoms with Gasteiger partial charge < -0.3 is 9.47 Å². The van der Waals surface area contributed by atoms with Crippen molar-refractivity contribution in [1.82, 2.24) is 29.3 Å². The number of amides is 1. The van der Waals surface area contributed by atoms with Gasteiger partial charge in [-0.25, -0.2) is 9.97 Å². The van der Waals surface area contributed by atoms with Crippen LogP contribution in [0.4, 0.5) is 0 Å². The Morgan fingerprint density at radius 2 is 2.09 bits per heavy atom. The number of aromatic nitrogens is 4. The summed E-state index contributed by atoms with van der Waals surface area (Å²) in [6, 6.07) is 0.108. The number of nitrogens with zero attached hydrogens (tertiary/aromatic N) is 6. The third-order valence-electron chi connectivity index (χ3n) is 4.34. The summed E-state index contributed by atoms with van der Waals surface area (Å²) >= 11 is 0. The number of likely N-dealkylation sites (N-methyl/N-ethyl adjacent to an activating group) is 1. The van der Waals surface area contributed by atoms with Gasteiger partial charge in [-0.1, -0.05) is 6.92 Å². The molecule has 0 N–H and O–H groups in total. The lowest BCUT2D eigenvalue weighted by Crippen LogP contribution is -2.51. The Labute approximate surface area is 136 Å². The lowest BCUT2D eigenvalue weighted by atomic mass is 10.1. The normalized spacial score (nSPS) is 19.1. The first kappa shape index (κ1) is 15.6. The van der Waals surface area contributed by atoms with Gasteiger partial charge in [0, 0.05) is 45.3 Å². The second kappa shape index (κ2) is 6.45. The summed E-state index contributed by atoms with van der Waals surface area (Å²) in [6.07, 6.45) is 6.93. The molecule has 0 aliphatic carbocycles. The van der Waals surface area contributed by atoms with Gasteiger partial charge in [0.15, 0.2) is 0 Å². The minimum absolute atomic E-state index is 0.0625. The Hall–Kier alpha value is -2.28. The third kappa shape index (κ3) is 3.10. The number of piperazine rings is 1. The molecule has 0 saturated carbocycles. The number of carbonyl (C=O) groups excluding carboxylic acids is 1. The van der Waals surface area contributed by atoms with Crippen LogP contribution in [0.25, 0.3) is 0 Å². The molecule has 1 atom stereocenters. The highest BCUT2D eigenvalue weighted by molar-refractivity contribution is 5.92. The minimum atomic E-state index is -0.0625. The Morgan fingerprint density at radius 1 is 1.26 bits per heavy atom. The van der Waals surface area contributed by atoms with E-state index in [9.17, 15) is 4.79 Å². The Kier molecular flexibility index (Phi) is 4.38. The third-order valence-corrected chi connectivity index (χ3v) is 4.34. The summed E-state index contributed by atoms with van der Waals surface area (Å²) in [5.41, 5.74) is 1.21. The number of imidazole rings is 1. The van der Waals surface area contributed by atoms with Crippen LogP contribution < -0.4 is 0 Å². The first-order valence-electron chi connectivity index (χ1n) is 7.89. The Bertz CT molecular complexity index is 680. The summed E-state index contributed by atoms with van der Waals surface area (Å²) in [7, 11) is 1.99. The second-order valence-electron chi connectivity index (χ2n) is 5.83. The average Bonchev–Trinajstić information content (AvgIpc) is 3.00. The van der Waals surface area contributed by atoms with Gasteiger partial charge in [0.1, 0.15) is 11.5 Å². The summed E-state index contributed by atoms with van der Waals surface area (Å²) in [4.78, 5) is 29.7. The molecule has 3 heterocycles. The molecular formula is C16H22N6O. The van der Waals surface area contributed by atoms with Crippen LogP contribution >= 0.6 is 0 Å². The van der Waals surface area contributed by atoms with Crippen molar-refractivity contribution in [1.29, 1.82) is 0 Å². The molecule has 1 saturated heterocycles. The van der Waals surface area contributed by atoms with E-state index in [1.165, 1.54) is 0 Å². The summed E-state index contributed by atoms with van der Waals surface area (Å²) < 4.78 is 2.02. The number of carbonyl (C=O) groups is 1. The predicted molar refractivity (Wildman–Crippen MR) is 85.9 cm³/mol. The molecule has 1 amide bonds. The van der Waals surface area contributed by atoms with Crippen LogP contribution in [0.5, 0.6) is 0 Å². The Balaban J connectivity index is 1.81. The van der Waals surface area contributed by atoms with Gasteiger partial charge in [0.05, 0.1) is 17.9 Å². The standard InChI is InChI=1S/C16H22N6O/c1-4-21-7-8-22(11-14(21)15-17-5-6-20(15)3)16(23)13-10-18-12(2)9-19-13/h5-6,9-10,14H,4,7-8,11H2,1-3H3/t14-/m0/s1. The highest BCUT2D eigenvalue weighted by Gasteiger charge is 2.32. The zero-order valence-electron chi connectivity index (χ0n) is 13.8. The molecule has 122 valence electrons. The van der Waals surface area contributed by atoms with Crippen molar-refractivity contribution < 1.29 is 4.79 Å². The van der Waals surface area contributed by atoms with E-state index in [1.54, 1.807) is 18.6 Å². The largest absolute Gasteiger partial charge is 0.337 e. The van der Waals surface area contributed by atoms with Gasteiger partial charge in [0.2, 0.25) is 0 Å². The van der Waals surface area contributed by atoms with E-state index in [4.69, 9.17) is 0 Å². The van der Waals surface area contributed by atoms with Crippen LogP contribution in [0.15, 0.2) is 24.8 Å². The van der Waals surface area contributed by atoms with Crippen molar-refractivity contribution in [2.45, 2.75) is 19.9 Å². The summed E-state index contributed by atoms with van der Waals surface area (Å²) in [5, 5.41) is 0. The fourth-order valence-corrected chi connectivity index (χ4v) is 2.99. The maximum absolute atomic E-state index is 12.7. The van der Waals surface area contributed by atoms with Crippen LogP contribution in [0.1, 0.15) is 35.0 Å². The predicted octanol–water partition coefficient (Wildman–Crippen LogP) is 1.04. The SMILES string of the molecule is CCN1CCN(C(=O)c2cnc(C)cn2)C[C@H]1c1nccn1C. The maximum Gasteiger partial charge on any atom is 0.274 e. The van der Waals surface area contributed by atoms with Crippen molar-refractivity contribution in [3.63, 3.8) is 0 Å². The number of rotatable bonds is 3. The van der Waals surface area contributed by atoms with E-state index < -0.39 is 0 Å². The fraction of sp³-hybridized carbons (Fsp3) is 0.500. The molecule has 1 aliphatic heterocycles. The maximum atomic E-state index is 12.7. The van der Waals surface area contributed by atoms with Crippen LogP contribution in [0, 0.1) is 6.92 Å². The molecule has 1 fully saturated rings. The summed E-state index contributed by atoms with van der Waals surface area (Å²) in [5.74, 6) is 0.923. The molecule has 0 unspecified atom stereocenters. The number of hydrogen-bond donors (Lipinski definition) is 0. The molecule has 1 aliphatic rings. The van der Waals surface area contributed by atoms with E-state index in [2.05, 4.69) is 26.8 Å². The van der Waals surface area contributed by atoms with Gasteiger partial charge in [-0.05, 0) is 13.5 Å². The van der Waals surface area contributed by atoms with Crippen LogP contribution in [-0.2, 0) is 7.05 Å². The van der Waals surface area contributed by atoms with Crippen molar-refractivity contribution in [2.75, 3.05) is 26.2 Å². The van der Waals surface area contributed by atoms with E-state index in [0.29, 0.717) is 18.8 Å². The molecule has 7 heteroatoms. The fourth-order valence-electron chi connectivity index (χ4n) is 2.99.